The first-order chi connectivity index (χ1) is 9.91. The van der Waals surface area contributed by atoms with E-state index < -0.39 is 29.1 Å². The molecule has 0 saturated carbocycles. The Morgan fingerprint density at radius 1 is 1.19 bits per heavy atom. The van der Waals surface area contributed by atoms with E-state index in [2.05, 4.69) is 10.3 Å². The van der Waals surface area contributed by atoms with Crippen LogP contribution in [0.4, 0.5) is 14.5 Å². The number of aromatic nitrogens is 1. The van der Waals surface area contributed by atoms with Gasteiger partial charge in [-0.15, -0.1) is 0 Å². The number of hydrogen-bond acceptors (Lipinski definition) is 3. The maximum Gasteiger partial charge on any atom is 0.258 e. The number of hydrogen-bond donors (Lipinski definition) is 2. The van der Waals surface area contributed by atoms with Crippen LogP contribution in [-0.2, 0) is 0 Å². The van der Waals surface area contributed by atoms with E-state index in [1.807, 2.05) is 0 Å². The van der Waals surface area contributed by atoms with E-state index >= 15 is 0 Å². The highest BCUT2D eigenvalue weighted by molar-refractivity contribution is 6.06. The highest BCUT2D eigenvalue weighted by Gasteiger charge is 2.17. The second-order valence-electron chi connectivity index (χ2n) is 4.26. The van der Waals surface area contributed by atoms with E-state index in [0.717, 1.165) is 12.3 Å². The molecule has 3 N–H and O–H groups in total. The summed E-state index contributed by atoms with van der Waals surface area (Å²) in [5.41, 5.74) is 5.67. The van der Waals surface area contributed by atoms with Gasteiger partial charge in [0, 0.05) is 17.4 Å². The molecule has 2 aromatic rings. The number of nitrogens with one attached hydrogen (secondary N) is 1. The SMILES string of the molecule is Cc1c(NC(=O)c2ccnc(F)c2F)cccc1C(N)=O. The van der Waals surface area contributed by atoms with Crippen LogP contribution in [0.1, 0.15) is 26.3 Å². The van der Waals surface area contributed by atoms with Gasteiger partial charge in [-0.2, -0.15) is 4.39 Å². The van der Waals surface area contributed by atoms with E-state index in [9.17, 15) is 18.4 Å². The number of halogens is 2. The zero-order valence-electron chi connectivity index (χ0n) is 11.0. The van der Waals surface area contributed by atoms with Gasteiger partial charge in [-0.25, -0.2) is 9.37 Å². The summed E-state index contributed by atoms with van der Waals surface area (Å²) >= 11 is 0. The average Bonchev–Trinajstić information content (AvgIpc) is 2.43. The van der Waals surface area contributed by atoms with E-state index in [1.54, 1.807) is 6.92 Å². The summed E-state index contributed by atoms with van der Waals surface area (Å²) in [6.45, 7) is 1.58. The number of primary amides is 1. The first-order valence-electron chi connectivity index (χ1n) is 5.92. The quantitative estimate of drug-likeness (QED) is 0.848. The Hall–Kier alpha value is -2.83. The molecule has 1 heterocycles. The number of nitrogens with two attached hydrogens (primary N) is 1. The van der Waals surface area contributed by atoms with Crippen LogP contribution < -0.4 is 11.1 Å². The summed E-state index contributed by atoms with van der Waals surface area (Å²) in [6.07, 6.45) is 0.986. The summed E-state index contributed by atoms with van der Waals surface area (Å²) in [4.78, 5) is 26.3. The van der Waals surface area contributed by atoms with Gasteiger partial charge < -0.3 is 11.1 Å². The highest BCUT2D eigenvalue weighted by Crippen LogP contribution is 2.20. The summed E-state index contributed by atoms with van der Waals surface area (Å²) < 4.78 is 26.5. The topological polar surface area (TPSA) is 85.1 Å². The normalized spacial score (nSPS) is 10.2. The van der Waals surface area contributed by atoms with Crippen LogP contribution in [0.15, 0.2) is 30.5 Å². The van der Waals surface area contributed by atoms with Crippen molar-refractivity contribution in [2.24, 2.45) is 5.73 Å². The van der Waals surface area contributed by atoms with Crippen LogP contribution >= 0.6 is 0 Å². The molecule has 1 aromatic carbocycles. The predicted molar refractivity (Wildman–Crippen MR) is 71.8 cm³/mol. The molecule has 0 bridgehead atoms. The largest absolute Gasteiger partial charge is 0.366 e. The maximum absolute atomic E-state index is 13.5. The van der Waals surface area contributed by atoms with Crippen molar-refractivity contribution < 1.29 is 18.4 Å². The molecular formula is C14H11F2N3O2. The molecule has 0 aliphatic rings. The molecule has 5 nitrogen and oxygen atoms in total. The first kappa shape index (κ1) is 14.6. The van der Waals surface area contributed by atoms with E-state index in [4.69, 9.17) is 5.73 Å². The minimum Gasteiger partial charge on any atom is -0.366 e. The molecule has 1 aromatic heterocycles. The van der Waals surface area contributed by atoms with E-state index in [0.29, 0.717) is 5.56 Å². The smallest absolute Gasteiger partial charge is 0.258 e. The fourth-order valence-electron chi connectivity index (χ4n) is 1.82. The van der Waals surface area contributed by atoms with Gasteiger partial charge >= 0.3 is 0 Å². The zero-order chi connectivity index (χ0) is 15.6. The Morgan fingerprint density at radius 3 is 2.57 bits per heavy atom. The fraction of sp³-hybridized carbons (Fsp3) is 0.0714. The lowest BCUT2D eigenvalue weighted by Crippen LogP contribution is -2.18. The van der Waals surface area contributed by atoms with Gasteiger partial charge in [0.1, 0.15) is 0 Å². The molecule has 0 aliphatic heterocycles. The van der Waals surface area contributed by atoms with Crippen molar-refractivity contribution in [3.63, 3.8) is 0 Å². The molecule has 0 unspecified atom stereocenters. The van der Waals surface area contributed by atoms with Gasteiger partial charge in [0.2, 0.25) is 11.9 Å². The van der Waals surface area contributed by atoms with Crippen LogP contribution in [0.25, 0.3) is 0 Å². The number of benzene rings is 1. The van der Waals surface area contributed by atoms with Crippen LogP contribution in [0.3, 0.4) is 0 Å². The molecule has 0 saturated heterocycles. The Balaban J connectivity index is 2.34. The average molecular weight is 291 g/mol. The first-order valence-corrected chi connectivity index (χ1v) is 5.92. The Labute approximate surface area is 118 Å². The number of nitrogens with zero attached hydrogens (tertiary/aromatic N) is 1. The van der Waals surface area contributed by atoms with Crippen LogP contribution in [0, 0.1) is 18.7 Å². The molecular weight excluding hydrogens is 280 g/mol. The van der Waals surface area contributed by atoms with Crippen LogP contribution in [-0.4, -0.2) is 16.8 Å². The molecule has 21 heavy (non-hydrogen) atoms. The van der Waals surface area contributed by atoms with Gasteiger partial charge in [0.15, 0.2) is 5.82 Å². The fourth-order valence-corrected chi connectivity index (χ4v) is 1.82. The van der Waals surface area contributed by atoms with Gasteiger partial charge in [0.05, 0.1) is 5.56 Å². The Morgan fingerprint density at radius 2 is 1.90 bits per heavy atom. The monoisotopic (exact) mass is 291 g/mol. The second kappa shape index (κ2) is 5.66. The molecule has 0 fully saturated rings. The highest BCUT2D eigenvalue weighted by atomic mass is 19.2. The number of carbonyl (C=O) groups is 2. The third-order valence-corrected chi connectivity index (χ3v) is 2.94. The lowest BCUT2D eigenvalue weighted by atomic mass is 10.1. The lowest BCUT2D eigenvalue weighted by Gasteiger charge is -2.11. The molecule has 0 aliphatic carbocycles. The lowest BCUT2D eigenvalue weighted by molar-refractivity contribution is 0.0994. The third kappa shape index (κ3) is 2.86. The van der Waals surface area contributed by atoms with Crippen molar-refractivity contribution in [2.75, 3.05) is 5.32 Å². The summed E-state index contributed by atoms with van der Waals surface area (Å²) in [5.74, 6) is -4.19. The van der Waals surface area contributed by atoms with Gasteiger partial charge in [0.25, 0.3) is 5.91 Å². The van der Waals surface area contributed by atoms with Crippen LogP contribution in [0.5, 0.6) is 0 Å². The molecule has 108 valence electrons. The number of anilines is 1. The minimum atomic E-state index is -1.36. The third-order valence-electron chi connectivity index (χ3n) is 2.94. The van der Waals surface area contributed by atoms with Crippen molar-refractivity contribution in [1.82, 2.24) is 4.98 Å². The van der Waals surface area contributed by atoms with E-state index in [1.165, 1.54) is 18.2 Å². The molecule has 7 heteroatoms. The van der Waals surface area contributed by atoms with Crippen molar-refractivity contribution in [3.05, 3.63) is 58.9 Å². The predicted octanol–water partition coefficient (Wildman–Crippen LogP) is 2.02. The minimum absolute atomic E-state index is 0.231. The van der Waals surface area contributed by atoms with Crippen molar-refractivity contribution in [1.29, 1.82) is 0 Å². The second-order valence-corrected chi connectivity index (χ2v) is 4.26. The Kier molecular flexibility index (Phi) is 3.93. The standard InChI is InChI=1S/C14H11F2N3O2/c1-7-8(13(17)20)3-2-4-10(7)19-14(21)9-5-6-18-12(16)11(9)15/h2-6H,1H3,(H2,17,20)(H,19,21). The number of carbonyl (C=O) groups excluding carboxylic acids is 2. The zero-order valence-corrected chi connectivity index (χ0v) is 11.0. The molecule has 0 atom stereocenters. The maximum atomic E-state index is 13.5. The van der Waals surface area contributed by atoms with Crippen molar-refractivity contribution in [2.45, 2.75) is 6.92 Å². The number of rotatable bonds is 3. The Bertz CT molecular complexity index is 732. The van der Waals surface area contributed by atoms with E-state index in [-0.39, 0.29) is 11.3 Å². The van der Waals surface area contributed by atoms with Crippen LogP contribution in [0.2, 0.25) is 0 Å². The van der Waals surface area contributed by atoms with Gasteiger partial charge in [-0.3, -0.25) is 9.59 Å². The summed E-state index contributed by atoms with van der Waals surface area (Å²) in [7, 11) is 0. The molecule has 2 amide bonds. The number of amides is 2. The number of pyridine rings is 1. The van der Waals surface area contributed by atoms with Crippen molar-refractivity contribution in [3.8, 4) is 0 Å². The summed E-state index contributed by atoms with van der Waals surface area (Å²) in [5, 5.41) is 2.41. The molecule has 0 radical (unpaired) electrons. The molecule has 0 spiro atoms. The van der Waals surface area contributed by atoms with Crippen molar-refractivity contribution >= 4 is 17.5 Å². The molecule has 2 rings (SSSR count). The van der Waals surface area contributed by atoms with Gasteiger partial charge in [-0.05, 0) is 30.7 Å². The summed E-state index contributed by atoms with van der Waals surface area (Å²) in [6, 6.07) is 5.60. The van der Waals surface area contributed by atoms with Gasteiger partial charge in [-0.1, -0.05) is 6.07 Å².